The van der Waals surface area contributed by atoms with E-state index in [0.717, 1.165) is 16.5 Å². The number of nitrogens with one attached hydrogen (secondary N) is 1. The summed E-state index contributed by atoms with van der Waals surface area (Å²) in [5.41, 5.74) is 0. The number of benzene rings is 2. The molecule has 0 saturated carbocycles. The maximum absolute atomic E-state index is 10.3. The van der Waals surface area contributed by atoms with Gasteiger partial charge in [0.2, 0.25) is 6.41 Å². The number of fused-ring (bicyclic) bond motifs is 1. The Bertz CT molecular complexity index is 536. The summed E-state index contributed by atoms with van der Waals surface area (Å²) < 4.78 is 5.73. The summed E-state index contributed by atoms with van der Waals surface area (Å²) in [6, 6.07) is 13.7. The fourth-order valence-corrected chi connectivity index (χ4v) is 1.96. The molecule has 0 saturated heterocycles. The average molecular weight is 259 g/mol. The van der Waals surface area contributed by atoms with Gasteiger partial charge in [0.15, 0.2) is 0 Å². The highest BCUT2D eigenvalue weighted by molar-refractivity contribution is 5.88. The van der Waals surface area contributed by atoms with Crippen LogP contribution in [-0.2, 0) is 4.79 Å². The second-order valence-electron chi connectivity index (χ2n) is 4.28. The molecule has 0 aromatic heterocycles. The lowest BCUT2D eigenvalue weighted by molar-refractivity contribution is -0.110. The maximum Gasteiger partial charge on any atom is 0.207 e. The summed E-state index contributed by atoms with van der Waals surface area (Å²) >= 11 is 0. The van der Waals surface area contributed by atoms with E-state index in [2.05, 4.69) is 5.32 Å². The van der Waals surface area contributed by atoms with Gasteiger partial charge in [-0.2, -0.15) is 0 Å². The Morgan fingerprint density at radius 1 is 1.21 bits per heavy atom. The topological polar surface area (TPSA) is 58.6 Å². The monoisotopic (exact) mass is 259 g/mol. The first-order valence-corrected chi connectivity index (χ1v) is 6.26. The van der Waals surface area contributed by atoms with Crippen LogP contribution in [0.2, 0.25) is 0 Å². The van der Waals surface area contributed by atoms with Crippen molar-refractivity contribution >= 4 is 17.2 Å². The minimum atomic E-state index is -0.257. The number of carbonyl (C=O) groups excluding carboxylic acids is 1. The van der Waals surface area contributed by atoms with Crippen molar-refractivity contribution in [1.29, 1.82) is 0 Å². The highest BCUT2D eigenvalue weighted by Gasteiger charge is 2.06. The van der Waals surface area contributed by atoms with Crippen molar-refractivity contribution in [3.63, 3.8) is 0 Å². The number of aliphatic hydroxyl groups is 1. The third-order valence-electron chi connectivity index (χ3n) is 3.00. The summed E-state index contributed by atoms with van der Waals surface area (Å²) in [7, 11) is 0. The van der Waals surface area contributed by atoms with E-state index in [-0.39, 0.29) is 12.6 Å². The van der Waals surface area contributed by atoms with Gasteiger partial charge >= 0.3 is 0 Å². The molecule has 1 amide bonds. The molecule has 1 unspecified atom stereocenters. The number of amides is 1. The molecule has 0 radical (unpaired) electrons. The van der Waals surface area contributed by atoms with Crippen molar-refractivity contribution < 1.29 is 14.6 Å². The molecule has 0 aliphatic rings. The summed E-state index contributed by atoms with van der Waals surface area (Å²) in [5.74, 6) is 0.820. The molecule has 0 aliphatic heterocycles. The van der Waals surface area contributed by atoms with Crippen molar-refractivity contribution in [3.8, 4) is 5.75 Å². The van der Waals surface area contributed by atoms with Gasteiger partial charge in [-0.25, -0.2) is 0 Å². The number of rotatable bonds is 7. The molecular formula is C15H17NO3. The highest BCUT2D eigenvalue weighted by atomic mass is 16.5. The largest absolute Gasteiger partial charge is 0.493 e. The van der Waals surface area contributed by atoms with Crippen LogP contribution in [0.5, 0.6) is 5.75 Å². The third kappa shape index (κ3) is 3.45. The Balaban J connectivity index is 2.00. The van der Waals surface area contributed by atoms with Crippen LogP contribution in [0.25, 0.3) is 10.8 Å². The van der Waals surface area contributed by atoms with Crippen molar-refractivity contribution in [1.82, 2.24) is 5.32 Å². The molecule has 0 heterocycles. The van der Waals surface area contributed by atoms with E-state index in [1.165, 1.54) is 0 Å². The van der Waals surface area contributed by atoms with Crippen LogP contribution >= 0.6 is 0 Å². The molecule has 0 fully saturated rings. The molecule has 0 spiro atoms. The van der Waals surface area contributed by atoms with E-state index in [0.29, 0.717) is 19.4 Å². The van der Waals surface area contributed by atoms with Crippen LogP contribution in [-0.4, -0.2) is 30.8 Å². The Labute approximate surface area is 112 Å². The molecule has 19 heavy (non-hydrogen) atoms. The summed E-state index contributed by atoms with van der Waals surface area (Å²) in [6.07, 6.45) is 1.16. The number of ether oxygens (including phenoxy) is 1. The van der Waals surface area contributed by atoms with Gasteiger partial charge in [-0.1, -0.05) is 36.4 Å². The lowest BCUT2D eigenvalue weighted by atomic mass is 10.1. The zero-order chi connectivity index (χ0) is 13.5. The first kappa shape index (κ1) is 13.4. The maximum atomic E-state index is 10.3. The molecule has 2 rings (SSSR count). The minimum absolute atomic E-state index is 0.0857. The normalized spacial score (nSPS) is 12.1. The average Bonchev–Trinajstić information content (AvgIpc) is 2.46. The van der Waals surface area contributed by atoms with E-state index >= 15 is 0 Å². The molecule has 0 bridgehead atoms. The smallest absolute Gasteiger partial charge is 0.207 e. The third-order valence-corrected chi connectivity index (χ3v) is 3.00. The number of carbonyl (C=O) groups is 1. The minimum Gasteiger partial charge on any atom is -0.493 e. The van der Waals surface area contributed by atoms with E-state index < -0.39 is 0 Å². The van der Waals surface area contributed by atoms with Crippen LogP contribution in [0.3, 0.4) is 0 Å². The van der Waals surface area contributed by atoms with E-state index in [4.69, 9.17) is 9.84 Å². The lowest BCUT2D eigenvalue weighted by Gasteiger charge is -2.14. The zero-order valence-electron chi connectivity index (χ0n) is 10.6. The van der Waals surface area contributed by atoms with Gasteiger partial charge in [-0.05, 0) is 11.5 Å². The first-order chi connectivity index (χ1) is 9.35. The van der Waals surface area contributed by atoms with Gasteiger partial charge in [0.05, 0.1) is 19.3 Å². The van der Waals surface area contributed by atoms with E-state index in [9.17, 15) is 4.79 Å². The van der Waals surface area contributed by atoms with Crippen LogP contribution in [0, 0.1) is 0 Å². The van der Waals surface area contributed by atoms with Crippen LogP contribution < -0.4 is 10.1 Å². The Morgan fingerprint density at radius 3 is 2.79 bits per heavy atom. The summed E-state index contributed by atoms with van der Waals surface area (Å²) in [6.45, 7) is 0.359. The molecule has 2 N–H and O–H groups in total. The fraction of sp³-hybridized carbons (Fsp3) is 0.267. The highest BCUT2D eigenvalue weighted by Crippen LogP contribution is 2.25. The number of hydrogen-bond acceptors (Lipinski definition) is 3. The first-order valence-electron chi connectivity index (χ1n) is 6.26. The molecule has 4 heteroatoms. The predicted molar refractivity (Wildman–Crippen MR) is 74.1 cm³/mol. The molecule has 100 valence electrons. The lowest BCUT2D eigenvalue weighted by Crippen LogP contribution is -2.32. The van der Waals surface area contributed by atoms with Crippen LogP contribution in [0.15, 0.2) is 42.5 Å². The SMILES string of the molecule is O=CNC(CO)CCOc1cccc2ccccc12. The van der Waals surface area contributed by atoms with Crippen molar-refractivity contribution in [2.75, 3.05) is 13.2 Å². The second-order valence-corrected chi connectivity index (χ2v) is 4.28. The molecular weight excluding hydrogens is 242 g/mol. The Kier molecular flexibility index (Phi) is 4.75. The Morgan fingerprint density at radius 2 is 2.00 bits per heavy atom. The van der Waals surface area contributed by atoms with Crippen molar-refractivity contribution in [3.05, 3.63) is 42.5 Å². The quantitative estimate of drug-likeness (QED) is 0.744. The van der Waals surface area contributed by atoms with Gasteiger partial charge in [0, 0.05) is 11.8 Å². The van der Waals surface area contributed by atoms with Gasteiger partial charge in [0.25, 0.3) is 0 Å². The molecule has 1 atom stereocenters. The predicted octanol–water partition coefficient (Wildman–Crippen LogP) is 1.72. The number of hydrogen-bond donors (Lipinski definition) is 2. The van der Waals surface area contributed by atoms with E-state index in [1.54, 1.807) is 0 Å². The fourth-order valence-electron chi connectivity index (χ4n) is 1.96. The molecule has 2 aromatic carbocycles. The molecule has 2 aromatic rings. The van der Waals surface area contributed by atoms with Crippen molar-refractivity contribution in [2.24, 2.45) is 0 Å². The van der Waals surface area contributed by atoms with Gasteiger partial charge in [-0.3, -0.25) is 4.79 Å². The van der Waals surface area contributed by atoms with E-state index in [1.807, 2.05) is 42.5 Å². The second kappa shape index (κ2) is 6.75. The number of aliphatic hydroxyl groups excluding tert-OH is 1. The van der Waals surface area contributed by atoms with Gasteiger partial charge < -0.3 is 15.2 Å². The van der Waals surface area contributed by atoms with Gasteiger partial charge in [-0.15, -0.1) is 0 Å². The van der Waals surface area contributed by atoms with Crippen molar-refractivity contribution in [2.45, 2.75) is 12.5 Å². The standard InChI is InChI=1S/C15H17NO3/c17-10-13(16-11-18)8-9-19-15-7-3-5-12-4-1-2-6-14(12)15/h1-7,11,13,17H,8-10H2,(H,16,18). The summed E-state index contributed by atoms with van der Waals surface area (Å²) in [4.78, 5) is 10.3. The molecule has 4 nitrogen and oxygen atoms in total. The van der Waals surface area contributed by atoms with Gasteiger partial charge in [0.1, 0.15) is 5.75 Å². The summed E-state index contributed by atoms with van der Waals surface area (Å²) in [5, 5.41) is 13.8. The zero-order valence-corrected chi connectivity index (χ0v) is 10.6. The Hall–Kier alpha value is -2.07. The molecule has 0 aliphatic carbocycles. The van der Waals surface area contributed by atoms with Crippen LogP contribution in [0.4, 0.5) is 0 Å². The van der Waals surface area contributed by atoms with Crippen LogP contribution in [0.1, 0.15) is 6.42 Å².